The predicted octanol–water partition coefficient (Wildman–Crippen LogP) is 0.0550. The van der Waals surface area contributed by atoms with E-state index in [1.807, 2.05) is 0 Å². The molecule has 3 nitrogen and oxygen atoms in total. The molecule has 0 fully saturated rings. The highest BCUT2D eigenvalue weighted by Gasteiger charge is 2.08. The van der Waals surface area contributed by atoms with Crippen molar-refractivity contribution in [2.75, 3.05) is 6.61 Å². The SMILES string of the molecule is C#Cc1ncccc1[C@@H](N)CO. The fraction of sp³-hybridized carbons (Fsp3) is 0.222. The van der Waals surface area contributed by atoms with Gasteiger partial charge in [0.15, 0.2) is 0 Å². The molecule has 0 radical (unpaired) electrons. The van der Waals surface area contributed by atoms with Gasteiger partial charge in [-0.05, 0) is 12.0 Å². The zero-order valence-corrected chi connectivity index (χ0v) is 6.57. The number of aromatic nitrogens is 1. The minimum atomic E-state index is -0.440. The highest BCUT2D eigenvalue weighted by atomic mass is 16.3. The Morgan fingerprint density at radius 3 is 3.08 bits per heavy atom. The lowest BCUT2D eigenvalue weighted by atomic mass is 10.1. The zero-order valence-electron chi connectivity index (χ0n) is 6.57. The number of hydrogen-bond acceptors (Lipinski definition) is 3. The Morgan fingerprint density at radius 2 is 2.50 bits per heavy atom. The summed E-state index contributed by atoms with van der Waals surface area (Å²) in [5.41, 5.74) is 6.79. The predicted molar refractivity (Wildman–Crippen MR) is 46.2 cm³/mol. The molecule has 12 heavy (non-hydrogen) atoms. The summed E-state index contributed by atoms with van der Waals surface area (Å²) < 4.78 is 0. The second-order valence-electron chi connectivity index (χ2n) is 2.37. The number of rotatable bonds is 2. The van der Waals surface area contributed by atoms with Gasteiger partial charge in [0, 0.05) is 11.8 Å². The third-order valence-corrected chi connectivity index (χ3v) is 1.57. The van der Waals surface area contributed by atoms with E-state index in [9.17, 15) is 0 Å². The number of hydrogen-bond donors (Lipinski definition) is 2. The lowest BCUT2D eigenvalue weighted by molar-refractivity contribution is 0.267. The molecule has 1 aromatic heterocycles. The van der Waals surface area contributed by atoms with Gasteiger partial charge in [-0.2, -0.15) is 0 Å². The van der Waals surface area contributed by atoms with Crippen LogP contribution in [0.1, 0.15) is 17.3 Å². The fourth-order valence-electron chi connectivity index (χ4n) is 0.936. The molecular formula is C9H10N2O. The molecule has 62 valence electrons. The van der Waals surface area contributed by atoms with Crippen molar-refractivity contribution in [3.63, 3.8) is 0 Å². The minimum absolute atomic E-state index is 0.125. The first-order chi connectivity index (χ1) is 5.79. The Morgan fingerprint density at radius 1 is 1.75 bits per heavy atom. The Labute approximate surface area is 71.2 Å². The lowest BCUT2D eigenvalue weighted by Gasteiger charge is -2.08. The van der Waals surface area contributed by atoms with E-state index in [1.165, 1.54) is 0 Å². The summed E-state index contributed by atoms with van der Waals surface area (Å²) >= 11 is 0. The largest absolute Gasteiger partial charge is 0.394 e. The van der Waals surface area contributed by atoms with Crippen LogP contribution in [-0.2, 0) is 0 Å². The second kappa shape index (κ2) is 3.86. The van der Waals surface area contributed by atoms with Crippen LogP contribution >= 0.6 is 0 Å². The average Bonchev–Trinajstić information content (AvgIpc) is 2.16. The van der Waals surface area contributed by atoms with Gasteiger partial charge in [0.05, 0.1) is 12.6 Å². The molecule has 0 saturated carbocycles. The highest BCUT2D eigenvalue weighted by molar-refractivity contribution is 5.35. The van der Waals surface area contributed by atoms with Gasteiger partial charge in [-0.3, -0.25) is 0 Å². The highest BCUT2D eigenvalue weighted by Crippen LogP contribution is 2.11. The van der Waals surface area contributed by atoms with Crippen LogP contribution in [-0.4, -0.2) is 16.7 Å². The molecule has 3 heteroatoms. The van der Waals surface area contributed by atoms with E-state index in [2.05, 4.69) is 10.9 Å². The third kappa shape index (κ3) is 1.62. The maximum Gasteiger partial charge on any atom is 0.117 e. The first-order valence-corrected chi connectivity index (χ1v) is 3.57. The number of aliphatic hydroxyl groups is 1. The molecule has 0 aliphatic rings. The van der Waals surface area contributed by atoms with Gasteiger partial charge in [0.25, 0.3) is 0 Å². The Bertz CT molecular complexity index is 304. The molecule has 0 aliphatic carbocycles. The summed E-state index contributed by atoms with van der Waals surface area (Å²) in [5, 5.41) is 8.79. The van der Waals surface area contributed by atoms with Crippen LogP contribution < -0.4 is 5.73 Å². The summed E-state index contributed by atoms with van der Waals surface area (Å²) in [6.07, 6.45) is 6.79. The van der Waals surface area contributed by atoms with E-state index in [0.717, 1.165) is 0 Å². The zero-order chi connectivity index (χ0) is 8.97. The van der Waals surface area contributed by atoms with Crippen LogP contribution in [0.25, 0.3) is 0 Å². The summed E-state index contributed by atoms with van der Waals surface area (Å²) in [6, 6.07) is 3.07. The molecule has 1 aromatic rings. The summed E-state index contributed by atoms with van der Waals surface area (Å²) in [4.78, 5) is 3.94. The maximum atomic E-state index is 8.79. The van der Waals surface area contributed by atoms with E-state index >= 15 is 0 Å². The van der Waals surface area contributed by atoms with E-state index in [0.29, 0.717) is 11.3 Å². The monoisotopic (exact) mass is 162 g/mol. The topological polar surface area (TPSA) is 59.1 Å². The molecule has 0 saturated heterocycles. The van der Waals surface area contributed by atoms with Crippen molar-refractivity contribution in [2.24, 2.45) is 5.73 Å². The normalized spacial score (nSPS) is 12.1. The minimum Gasteiger partial charge on any atom is -0.394 e. The second-order valence-corrected chi connectivity index (χ2v) is 2.37. The molecule has 0 unspecified atom stereocenters. The Hall–Kier alpha value is -1.37. The van der Waals surface area contributed by atoms with Crippen molar-refractivity contribution in [1.82, 2.24) is 4.98 Å². The van der Waals surface area contributed by atoms with E-state index in [4.69, 9.17) is 17.3 Å². The van der Waals surface area contributed by atoms with Crippen molar-refractivity contribution >= 4 is 0 Å². The van der Waals surface area contributed by atoms with Gasteiger partial charge in [-0.1, -0.05) is 6.07 Å². The van der Waals surface area contributed by atoms with Gasteiger partial charge < -0.3 is 10.8 Å². The van der Waals surface area contributed by atoms with Gasteiger partial charge in [0.2, 0.25) is 0 Å². The number of terminal acetylenes is 1. The molecule has 1 heterocycles. The van der Waals surface area contributed by atoms with E-state index < -0.39 is 6.04 Å². The fourth-order valence-corrected chi connectivity index (χ4v) is 0.936. The standard InChI is InChI=1S/C9H10N2O/c1-2-9-7(8(10)6-12)4-3-5-11-9/h1,3-5,8,12H,6,10H2/t8-/m0/s1. The van der Waals surface area contributed by atoms with E-state index in [-0.39, 0.29) is 6.61 Å². The molecular weight excluding hydrogens is 152 g/mol. The van der Waals surface area contributed by atoms with Crippen molar-refractivity contribution in [3.05, 3.63) is 29.6 Å². The first-order valence-electron chi connectivity index (χ1n) is 3.57. The lowest BCUT2D eigenvalue weighted by Crippen LogP contribution is -2.16. The molecule has 0 spiro atoms. The van der Waals surface area contributed by atoms with Crippen LogP contribution in [0.3, 0.4) is 0 Å². The van der Waals surface area contributed by atoms with Crippen LogP contribution in [0, 0.1) is 12.3 Å². The van der Waals surface area contributed by atoms with Crippen LogP contribution in [0.15, 0.2) is 18.3 Å². The maximum absolute atomic E-state index is 8.79. The Balaban J connectivity index is 3.07. The van der Waals surface area contributed by atoms with Crippen molar-refractivity contribution in [2.45, 2.75) is 6.04 Å². The first kappa shape index (κ1) is 8.72. The average molecular weight is 162 g/mol. The van der Waals surface area contributed by atoms with Gasteiger partial charge in [-0.15, -0.1) is 6.42 Å². The smallest absolute Gasteiger partial charge is 0.117 e. The van der Waals surface area contributed by atoms with E-state index in [1.54, 1.807) is 18.3 Å². The number of pyridine rings is 1. The van der Waals surface area contributed by atoms with Gasteiger partial charge in [0.1, 0.15) is 5.69 Å². The van der Waals surface area contributed by atoms with Crippen LogP contribution in [0.4, 0.5) is 0 Å². The third-order valence-electron chi connectivity index (χ3n) is 1.57. The molecule has 1 rings (SSSR count). The molecule has 3 N–H and O–H groups in total. The van der Waals surface area contributed by atoms with Gasteiger partial charge in [-0.25, -0.2) is 4.98 Å². The number of nitrogens with zero attached hydrogens (tertiary/aromatic N) is 1. The van der Waals surface area contributed by atoms with Crippen LogP contribution in [0.2, 0.25) is 0 Å². The van der Waals surface area contributed by atoms with Crippen molar-refractivity contribution < 1.29 is 5.11 Å². The quantitative estimate of drug-likeness (QED) is 0.604. The number of nitrogens with two attached hydrogens (primary N) is 1. The molecule has 0 aliphatic heterocycles. The summed E-state index contributed by atoms with van der Waals surface area (Å²) in [7, 11) is 0. The number of aliphatic hydroxyl groups excluding tert-OH is 1. The summed E-state index contributed by atoms with van der Waals surface area (Å²) in [5.74, 6) is 2.41. The van der Waals surface area contributed by atoms with Crippen LogP contribution in [0.5, 0.6) is 0 Å². The van der Waals surface area contributed by atoms with Crippen molar-refractivity contribution in [3.8, 4) is 12.3 Å². The molecule has 0 amide bonds. The summed E-state index contributed by atoms with van der Waals surface area (Å²) in [6.45, 7) is -0.125. The molecule has 0 aromatic carbocycles. The van der Waals surface area contributed by atoms with Crippen molar-refractivity contribution in [1.29, 1.82) is 0 Å². The van der Waals surface area contributed by atoms with Gasteiger partial charge >= 0.3 is 0 Å². The Kier molecular flexibility index (Phi) is 2.81. The molecule has 1 atom stereocenters. The molecule has 0 bridgehead atoms.